The Balaban J connectivity index is 1.52. The smallest absolute Gasteiger partial charge is 0.197 e. The quantitative estimate of drug-likeness (QED) is 0.659. The molecule has 31 heavy (non-hydrogen) atoms. The molecule has 2 heterocycles. The lowest BCUT2D eigenvalue weighted by molar-refractivity contribution is 0.277. The van der Waals surface area contributed by atoms with Crippen LogP contribution in [0.25, 0.3) is 16.5 Å². The van der Waals surface area contributed by atoms with Crippen molar-refractivity contribution in [1.29, 1.82) is 0 Å². The Morgan fingerprint density at radius 3 is 2.71 bits per heavy atom. The maximum atomic E-state index is 13.5. The predicted octanol–water partition coefficient (Wildman–Crippen LogP) is 4.70. The number of allylic oxidation sites excluding steroid dienone is 4. The Morgan fingerprint density at radius 2 is 2.00 bits per heavy atom. The van der Waals surface area contributed by atoms with E-state index in [1.54, 1.807) is 7.11 Å². The first-order valence-corrected chi connectivity index (χ1v) is 11.0. The number of fused-ring (bicyclic) bond motifs is 2. The van der Waals surface area contributed by atoms with Crippen molar-refractivity contribution in [3.8, 4) is 0 Å². The van der Waals surface area contributed by atoms with Crippen LogP contribution >= 0.6 is 0 Å². The molecule has 2 aromatic heterocycles. The molecule has 0 spiro atoms. The average Bonchev–Trinajstić information content (AvgIpc) is 3.22. The molecule has 5 rings (SSSR count). The second-order valence-electron chi connectivity index (χ2n) is 8.28. The van der Waals surface area contributed by atoms with E-state index in [1.165, 1.54) is 11.1 Å². The maximum absolute atomic E-state index is 13.5. The van der Waals surface area contributed by atoms with Crippen LogP contribution in [-0.2, 0) is 24.1 Å². The van der Waals surface area contributed by atoms with Crippen molar-refractivity contribution in [3.63, 3.8) is 0 Å². The lowest BCUT2D eigenvalue weighted by Gasteiger charge is -2.17. The fraction of sp³-hybridized carbons (Fsp3) is 0.308. The highest BCUT2D eigenvalue weighted by atomic mass is 16.5. The fourth-order valence-electron chi connectivity index (χ4n) is 4.73. The minimum atomic E-state index is 0.0414. The van der Waals surface area contributed by atoms with Crippen LogP contribution in [0.3, 0.4) is 0 Å². The van der Waals surface area contributed by atoms with Gasteiger partial charge in [-0.3, -0.25) is 4.79 Å². The fourth-order valence-corrected chi connectivity index (χ4v) is 4.73. The molecule has 3 aromatic rings. The molecule has 158 valence electrons. The second kappa shape index (κ2) is 8.06. The first-order valence-electron chi connectivity index (χ1n) is 11.0. The molecule has 0 saturated heterocycles. The van der Waals surface area contributed by atoms with E-state index in [-0.39, 0.29) is 5.43 Å². The number of aryl methyl sites for hydroxylation is 1. The highest BCUT2D eigenvalue weighted by Gasteiger charge is 2.21. The van der Waals surface area contributed by atoms with E-state index in [0.29, 0.717) is 17.0 Å². The molecule has 0 amide bonds. The van der Waals surface area contributed by atoms with E-state index in [0.717, 1.165) is 54.9 Å². The summed E-state index contributed by atoms with van der Waals surface area (Å²) in [6.45, 7) is 2.85. The molecular weight excluding hydrogens is 386 g/mol. The third kappa shape index (κ3) is 3.65. The molecule has 0 atom stereocenters. The van der Waals surface area contributed by atoms with Crippen molar-refractivity contribution in [2.75, 3.05) is 12.4 Å². The summed E-state index contributed by atoms with van der Waals surface area (Å²) in [6, 6.07) is 10.8. The summed E-state index contributed by atoms with van der Waals surface area (Å²) in [4.78, 5) is 18.1. The summed E-state index contributed by atoms with van der Waals surface area (Å²) in [5, 5.41) is 4.25. The highest BCUT2D eigenvalue weighted by Crippen LogP contribution is 2.27. The maximum Gasteiger partial charge on any atom is 0.197 e. The van der Waals surface area contributed by atoms with Crippen LogP contribution in [0.5, 0.6) is 0 Å². The second-order valence-corrected chi connectivity index (χ2v) is 8.28. The van der Waals surface area contributed by atoms with Gasteiger partial charge in [0.25, 0.3) is 0 Å². The Kier molecular flexibility index (Phi) is 5.10. The summed E-state index contributed by atoms with van der Waals surface area (Å²) in [7, 11) is 1.68. The summed E-state index contributed by atoms with van der Waals surface area (Å²) in [5.41, 5.74) is 5.34. The van der Waals surface area contributed by atoms with Crippen LogP contribution in [-0.4, -0.2) is 22.7 Å². The number of nitrogens with zero attached hydrogens (tertiary/aromatic N) is 2. The topological polar surface area (TPSA) is 56.1 Å². The molecule has 0 fully saturated rings. The number of benzene rings is 1. The van der Waals surface area contributed by atoms with E-state index >= 15 is 0 Å². The van der Waals surface area contributed by atoms with Gasteiger partial charge >= 0.3 is 0 Å². The van der Waals surface area contributed by atoms with Gasteiger partial charge in [-0.2, -0.15) is 0 Å². The molecule has 2 aliphatic rings. The number of anilines is 1. The lowest BCUT2D eigenvalue weighted by Crippen LogP contribution is -2.21. The summed E-state index contributed by atoms with van der Waals surface area (Å²) < 4.78 is 7.54. The number of nitrogens with one attached hydrogen (secondary N) is 1. The van der Waals surface area contributed by atoms with Crippen molar-refractivity contribution < 1.29 is 4.74 Å². The lowest BCUT2D eigenvalue weighted by atomic mass is 9.98. The van der Waals surface area contributed by atoms with E-state index < -0.39 is 0 Å². The van der Waals surface area contributed by atoms with E-state index in [2.05, 4.69) is 52.1 Å². The molecular formula is C26H27N3O2. The summed E-state index contributed by atoms with van der Waals surface area (Å²) in [6.07, 6.45) is 11.6. The van der Waals surface area contributed by atoms with Gasteiger partial charge in [-0.05, 0) is 55.0 Å². The van der Waals surface area contributed by atoms with Gasteiger partial charge in [0.05, 0.1) is 30.0 Å². The van der Waals surface area contributed by atoms with Gasteiger partial charge in [-0.15, -0.1) is 0 Å². The SMILES string of the molecule is CCn1cc(C2=CCCC(OC)=C2)c(=O)c2cc(NC3Cc4ccccc4C3)ncc21. The van der Waals surface area contributed by atoms with E-state index in [9.17, 15) is 4.79 Å². The van der Waals surface area contributed by atoms with Crippen molar-refractivity contribution >= 4 is 22.3 Å². The van der Waals surface area contributed by atoms with Crippen molar-refractivity contribution in [2.24, 2.45) is 0 Å². The molecule has 0 bridgehead atoms. The van der Waals surface area contributed by atoms with E-state index in [4.69, 9.17) is 4.74 Å². The molecule has 0 aliphatic heterocycles. The van der Waals surface area contributed by atoms with Gasteiger partial charge in [0.15, 0.2) is 5.43 Å². The van der Waals surface area contributed by atoms with Gasteiger partial charge in [0, 0.05) is 30.8 Å². The van der Waals surface area contributed by atoms with Gasteiger partial charge in [-0.25, -0.2) is 4.98 Å². The van der Waals surface area contributed by atoms with Crippen molar-refractivity contribution in [3.05, 3.63) is 87.6 Å². The van der Waals surface area contributed by atoms with Gasteiger partial charge in [-0.1, -0.05) is 30.3 Å². The highest BCUT2D eigenvalue weighted by molar-refractivity contribution is 5.86. The summed E-state index contributed by atoms with van der Waals surface area (Å²) >= 11 is 0. The molecule has 2 aliphatic carbocycles. The zero-order valence-electron chi connectivity index (χ0n) is 18.0. The normalized spacial score (nSPS) is 16.1. The van der Waals surface area contributed by atoms with E-state index in [1.807, 2.05) is 24.5 Å². The minimum Gasteiger partial charge on any atom is -0.501 e. The predicted molar refractivity (Wildman–Crippen MR) is 125 cm³/mol. The Hall–Kier alpha value is -3.34. The third-order valence-electron chi connectivity index (χ3n) is 6.35. The zero-order chi connectivity index (χ0) is 21.4. The number of methoxy groups -OCH3 is 1. The molecule has 0 unspecified atom stereocenters. The number of rotatable bonds is 5. The Labute approximate surface area is 182 Å². The number of aromatic nitrogens is 2. The summed E-state index contributed by atoms with van der Waals surface area (Å²) in [5.74, 6) is 1.67. The molecule has 1 aromatic carbocycles. The van der Waals surface area contributed by atoms with Crippen LogP contribution in [0.2, 0.25) is 0 Å². The van der Waals surface area contributed by atoms with Crippen LogP contribution in [0, 0.1) is 0 Å². The third-order valence-corrected chi connectivity index (χ3v) is 6.35. The molecule has 1 N–H and O–H groups in total. The van der Waals surface area contributed by atoms with Gasteiger partial charge in [0.2, 0.25) is 0 Å². The number of hydrogen-bond donors (Lipinski definition) is 1. The molecule has 5 heteroatoms. The Morgan fingerprint density at radius 1 is 1.23 bits per heavy atom. The largest absolute Gasteiger partial charge is 0.501 e. The van der Waals surface area contributed by atoms with Crippen LogP contribution < -0.4 is 10.7 Å². The molecule has 0 saturated carbocycles. The number of pyridine rings is 2. The minimum absolute atomic E-state index is 0.0414. The van der Waals surface area contributed by atoms with Gasteiger partial charge in [0.1, 0.15) is 5.82 Å². The van der Waals surface area contributed by atoms with Crippen molar-refractivity contribution in [2.45, 2.75) is 45.2 Å². The first-order chi connectivity index (χ1) is 15.2. The zero-order valence-corrected chi connectivity index (χ0v) is 18.0. The molecule has 0 radical (unpaired) electrons. The Bertz CT molecular complexity index is 1240. The van der Waals surface area contributed by atoms with Crippen LogP contribution in [0.4, 0.5) is 5.82 Å². The first kappa shape index (κ1) is 19.6. The average molecular weight is 414 g/mol. The van der Waals surface area contributed by atoms with Crippen LogP contribution in [0.1, 0.15) is 36.5 Å². The number of ether oxygens (including phenoxy) is 1. The molecule has 5 nitrogen and oxygen atoms in total. The number of hydrogen-bond acceptors (Lipinski definition) is 4. The van der Waals surface area contributed by atoms with Crippen molar-refractivity contribution in [1.82, 2.24) is 9.55 Å². The van der Waals surface area contributed by atoms with Gasteiger partial charge < -0.3 is 14.6 Å². The standard InChI is InChI=1S/C26H27N3O2/c1-3-29-16-23(19-9-6-10-21(13-19)31-2)26(30)22-14-25(27-15-24(22)29)28-20-11-17-7-4-5-8-18(17)12-20/h4-5,7-9,13-16,20H,3,6,10-12H2,1-2H3,(H,27,28). The van der Waals surface area contributed by atoms with Crippen LogP contribution in [0.15, 0.2) is 65.4 Å². The monoisotopic (exact) mass is 413 g/mol.